The van der Waals surface area contributed by atoms with Crippen LogP contribution >= 0.6 is 11.6 Å². The van der Waals surface area contributed by atoms with Crippen molar-refractivity contribution in [2.75, 3.05) is 18.4 Å². The molecule has 0 aromatic carbocycles. The van der Waals surface area contributed by atoms with Gasteiger partial charge in [0.1, 0.15) is 16.5 Å². The molecule has 0 aliphatic carbocycles. The second-order valence-electron chi connectivity index (χ2n) is 4.71. The van der Waals surface area contributed by atoms with E-state index in [4.69, 9.17) is 16.7 Å². The Balaban J connectivity index is 2.51. The molecule has 0 saturated heterocycles. The molecule has 20 heavy (non-hydrogen) atoms. The number of aromatic carboxylic acids is 1. The first-order chi connectivity index (χ1) is 9.40. The van der Waals surface area contributed by atoms with Gasteiger partial charge in [0.05, 0.1) is 0 Å². The highest BCUT2D eigenvalue weighted by Gasteiger charge is 2.12. The maximum Gasteiger partial charge on any atom is 0.339 e. The van der Waals surface area contributed by atoms with Crippen LogP contribution in [0.25, 0.3) is 0 Å². The average Bonchev–Trinajstić information content (AvgIpc) is 2.36. The normalized spacial score (nSPS) is 10.4. The van der Waals surface area contributed by atoms with E-state index < -0.39 is 5.97 Å². The fraction of sp³-hybridized carbons (Fsp3) is 0.462. The minimum atomic E-state index is -1.10. The van der Waals surface area contributed by atoms with E-state index in [-0.39, 0.29) is 35.4 Å². The lowest BCUT2D eigenvalue weighted by molar-refractivity contribution is -0.120. The minimum Gasteiger partial charge on any atom is -0.478 e. The SMILES string of the molecule is CC(C)CNC(=O)CCNc1nc(Cl)ccc1C(=O)O. The molecule has 1 amide bonds. The summed E-state index contributed by atoms with van der Waals surface area (Å²) >= 11 is 5.72. The highest BCUT2D eigenvalue weighted by molar-refractivity contribution is 6.29. The molecular formula is C13H18ClN3O3. The number of hydrogen-bond acceptors (Lipinski definition) is 4. The number of carboxylic acid groups (broad SMARTS) is 1. The summed E-state index contributed by atoms with van der Waals surface area (Å²) in [6.45, 7) is 4.92. The summed E-state index contributed by atoms with van der Waals surface area (Å²) in [5.74, 6) is -0.632. The van der Waals surface area contributed by atoms with Crippen molar-refractivity contribution in [1.29, 1.82) is 0 Å². The van der Waals surface area contributed by atoms with E-state index in [0.29, 0.717) is 12.5 Å². The van der Waals surface area contributed by atoms with E-state index in [1.165, 1.54) is 12.1 Å². The number of amides is 1. The number of aromatic nitrogens is 1. The zero-order valence-electron chi connectivity index (χ0n) is 11.4. The van der Waals surface area contributed by atoms with Gasteiger partial charge in [-0.3, -0.25) is 4.79 Å². The molecular weight excluding hydrogens is 282 g/mol. The Morgan fingerprint density at radius 1 is 1.40 bits per heavy atom. The van der Waals surface area contributed by atoms with Crippen LogP contribution in [0.4, 0.5) is 5.82 Å². The monoisotopic (exact) mass is 299 g/mol. The lowest BCUT2D eigenvalue weighted by atomic mass is 10.2. The first-order valence-corrected chi connectivity index (χ1v) is 6.68. The van der Waals surface area contributed by atoms with Gasteiger partial charge >= 0.3 is 5.97 Å². The van der Waals surface area contributed by atoms with E-state index in [1.54, 1.807) is 0 Å². The number of nitrogens with one attached hydrogen (secondary N) is 2. The van der Waals surface area contributed by atoms with Crippen LogP contribution in [0.15, 0.2) is 12.1 Å². The maximum atomic E-state index is 11.5. The number of halogens is 1. The van der Waals surface area contributed by atoms with E-state index in [2.05, 4.69) is 15.6 Å². The molecule has 1 rings (SSSR count). The van der Waals surface area contributed by atoms with Crippen molar-refractivity contribution in [2.24, 2.45) is 5.92 Å². The first kappa shape index (κ1) is 16.2. The number of carboxylic acids is 1. The molecule has 0 atom stereocenters. The molecule has 1 aromatic rings. The Bertz CT molecular complexity index is 492. The minimum absolute atomic E-state index is 0.0250. The largest absolute Gasteiger partial charge is 0.478 e. The topological polar surface area (TPSA) is 91.3 Å². The van der Waals surface area contributed by atoms with Crippen LogP contribution in [0, 0.1) is 5.92 Å². The second-order valence-corrected chi connectivity index (χ2v) is 5.10. The predicted octanol–water partition coefficient (Wildman–Crippen LogP) is 2.01. The van der Waals surface area contributed by atoms with Gasteiger partial charge in [-0.05, 0) is 18.1 Å². The standard InChI is InChI=1S/C13H18ClN3O3/c1-8(2)7-16-11(18)5-6-15-12-9(13(19)20)3-4-10(14)17-12/h3-4,8H,5-7H2,1-2H3,(H,15,17)(H,16,18)(H,19,20). The zero-order valence-corrected chi connectivity index (χ0v) is 12.2. The summed E-state index contributed by atoms with van der Waals surface area (Å²) < 4.78 is 0. The highest BCUT2D eigenvalue weighted by atomic mass is 35.5. The second kappa shape index (κ2) is 7.69. The third-order valence-electron chi connectivity index (χ3n) is 2.44. The van der Waals surface area contributed by atoms with Crippen molar-refractivity contribution in [3.05, 3.63) is 22.8 Å². The number of pyridine rings is 1. The fourth-order valence-electron chi connectivity index (χ4n) is 1.44. The van der Waals surface area contributed by atoms with Crippen molar-refractivity contribution in [1.82, 2.24) is 10.3 Å². The van der Waals surface area contributed by atoms with Crippen molar-refractivity contribution in [2.45, 2.75) is 20.3 Å². The van der Waals surface area contributed by atoms with Crippen molar-refractivity contribution in [3.63, 3.8) is 0 Å². The third-order valence-corrected chi connectivity index (χ3v) is 2.65. The molecule has 0 unspecified atom stereocenters. The van der Waals surface area contributed by atoms with Crippen LogP contribution in [0.1, 0.15) is 30.6 Å². The van der Waals surface area contributed by atoms with Crippen molar-refractivity contribution >= 4 is 29.3 Å². The number of nitrogens with zero attached hydrogens (tertiary/aromatic N) is 1. The van der Waals surface area contributed by atoms with Gasteiger partial charge in [0.25, 0.3) is 0 Å². The highest BCUT2D eigenvalue weighted by Crippen LogP contribution is 2.16. The van der Waals surface area contributed by atoms with Crippen LogP contribution in [-0.4, -0.2) is 35.1 Å². The Hall–Kier alpha value is -1.82. The van der Waals surface area contributed by atoms with Crippen LogP contribution < -0.4 is 10.6 Å². The van der Waals surface area contributed by atoms with Gasteiger partial charge < -0.3 is 15.7 Å². The van der Waals surface area contributed by atoms with Gasteiger partial charge in [-0.15, -0.1) is 0 Å². The quantitative estimate of drug-likeness (QED) is 0.670. The van der Waals surface area contributed by atoms with Crippen molar-refractivity contribution < 1.29 is 14.7 Å². The summed E-state index contributed by atoms with van der Waals surface area (Å²) in [5.41, 5.74) is 0.0250. The molecule has 1 aromatic heterocycles. The molecule has 0 aliphatic heterocycles. The van der Waals surface area contributed by atoms with Gasteiger partial charge in [-0.2, -0.15) is 0 Å². The number of rotatable bonds is 7. The molecule has 0 spiro atoms. The molecule has 1 heterocycles. The van der Waals surface area contributed by atoms with E-state index in [0.717, 1.165) is 0 Å². The molecule has 0 aliphatic rings. The maximum absolute atomic E-state index is 11.5. The van der Waals surface area contributed by atoms with Gasteiger partial charge in [0.15, 0.2) is 0 Å². The molecule has 7 heteroatoms. The third kappa shape index (κ3) is 5.44. The van der Waals surface area contributed by atoms with E-state index >= 15 is 0 Å². The Morgan fingerprint density at radius 3 is 2.70 bits per heavy atom. The number of anilines is 1. The molecule has 0 bridgehead atoms. The number of carbonyl (C=O) groups is 2. The summed E-state index contributed by atoms with van der Waals surface area (Å²) in [4.78, 5) is 26.4. The molecule has 0 saturated carbocycles. The van der Waals surface area contributed by atoms with Gasteiger partial charge in [0.2, 0.25) is 5.91 Å². The van der Waals surface area contributed by atoms with Gasteiger partial charge in [0, 0.05) is 19.5 Å². The molecule has 0 fully saturated rings. The smallest absolute Gasteiger partial charge is 0.339 e. The van der Waals surface area contributed by atoms with Gasteiger partial charge in [-0.1, -0.05) is 25.4 Å². The Labute approximate surface area is 122 Å². The summed E-state index contributed by atoms with van der Waals surface area (Å²) in [5, 5.41) is 14.8. The molecule has 3 N–H and O–H groups in total. The lowest BCUT2D eigenvalue weighted by Gasteiger charge is -2.10. The summed E-state index contributed by atoms with van der Waals surface area (Å²) in [6.07, 6.45) is 0.236. The average molecular weight is 300 g/mol. The van der Waals surface area contributed by atoms with Crippen LogP contribution in [0.2, 0.25) is 5.15 Å². The Morgan fingerprint density at radius 2 is 2.10 bits per heavy atom. The lowest BCUT2D eigenvalue weighted by Crippen LogP contribution is -2.28. The summed E-state index contributed by atoms with van der Waals surface area (Å²) in [7, 11) is 0. The summed E-state index contributed by atoms with van der Waals surface area (Å²) in [6, 6.07) is 2.78. The molecule has 110 valence electrons. The molecule has 0 radical (unpaired) electrons. The zero-order chi connectivity index (χ0) is 15.1. The van der Waals surface area contributed by atoms with Crippen LogP contribution in [-0.2, 0) is 4.79 Å². The number of hydrogen-bond donors (Lipinski definition) is 3. The fourth-order valence-corrected chi connectivity index (χ4v) is 1.59. The van der Waals surface area contributed by atoms with Gasteiger partial charge in [-0.25, -0.2) is 9.78 Å². The Kier molecular flexibility index (Phi) is 6.24. The van der Waals surface area contributed by atoms with Crippen LogP contribution in [0.5, 0.6) is 0 Å². The first-order valence-electron chi connectivity index (χ1n) is 6.30. The van der Waals surface area contributed by atoms with Crippen molar-refractivity contribution in [3.8, 4) is 0 Å². The number of carbonyl (C=O) groups excluding carboxylic acids is 1. The predicted molar refractivity (Wildman–Crippen MR) is 77.2 cm³/mol. The van der Waals surface area contributed by atoms with E-state index in [1.807, 2.05) is 13.8 Å². The van der Waals surface area contributed by atoms with Crippen LogP contribution in [0.3, 0.4) is 0 Å². The van der Waals surface area contributed by atoms with E-state index in [9.17, 15) is 9.59 Å². The molecule has 6 nitrogen and oxygen atoms in total.